The Kier molecular flexibility index (Phi) is 5.87. The minimum Gasteiger partial charge on any atom is -0.340 e. The number of hydrogen-bond donors (Lipinski definition) is 0. The number of sulfone groups is 1. The van der Waals surface area contributed by atoms with Gasteiger partial charge in [0.25, 0.3) is 0 Å². The Bertz CT molecular complexity index is 834. The highest BCUT2D eigenvalue weighted by molar-refractivity contribution is 7.91. The number of imide groups is 2. The first-order valence-corrected chi connectivity index (χ1v) is 11.3. The number of nitrogens with zero attached hydrogens (tertiary/aromatic N) is 3. The van der Waals surface area contributed by atoms with E-state index < -0.39 is 46.2 Å². The SMILES string of the molecule is CN(C(=O)CN1C(=O)C(=O)N(CCC2=CCCCC2)C1=O)[C@H]1CCS(=O)(=O)C1. The molecule has 10 heteroatoms. The number of hydrogen-bond acceptors (Lipinski definition) is 6. The summed E-state index contributed by atoms with van der Waals surface area (Å²) in [7, 11) is -1.72. The predicted octanol–water partition coefficient (Wildman–Crippen LogP) is 0.313. The Morgan fingerprint density at radius 1 is 1.18 bits per heavy atom. The van der Waals surface area contributed by atoms with Gasteiger partial charge in [-0.25, -0.2) is 18.1 Å². The maximum atomic E-state index is 12.5. The van der Waals surface area contributed by atoms with Gasteiger partial charge in [0.2, 0.25) is 5.91 Å². The highest BCUT2D eigenvalue weighted by Gasteiger charge is 2.45. The summed E-state index contributed by atoms with van der Waals surface area (Å²) < 4.78 is 23.2. The molecule has 2 aliphatic heterocycles. The minimum atomic E-state index is -3.17. The second-order valence-corrected chi connectivity index (χ2v) is 9.78. The Labute approximate surface area is 164 Å². The first-order chi connectivity index (χ1) is 13.2. The monoisotopic (exact) mass is 411 g/mol. The van der Waals surface area contributed by atoms with E-state index in [1.165, 1.54) is 17.5 Å². The molecule has 154 valence electrons. The van der Waals surface area contributed by atoms with Gasteiger partial charge < -0.3 is 4.90 Å². The van der Waals surface area contributed by atoms with Crippen LogP contribution in [-0.2, 0) is 24.2 Å². The Morgan fingerprint density at radius 3 is 2.50 bits per heavy atom. The average molecular weight is 411 g/mol. The molecule has 0 aromatic heterocycles. The van der Waals surface area contributed by atoms with Gasteiger partial charge in [0.15, 0.2) is 9.84 Å². The molecule has 9 nitrogen and oxygen atoms in total. The van der Waals surface area contributed by atoms with Crippen LogP contribution in [0.15, 0.2) is 11.6 Å². The Morgan fingerprint density at radius 2 is 1.89 bits per heavy atom. The van der Waals surface area contributed by atoms with E-state index in [0.29, 0.717) is 17.7 Å². The van der Waals surface area contributed by atoms with Crippen molar-refractivity contribution in [2.75, 3.05) is 31.6 Å². The molecule has 3 aliphatic rings. The van der Waals surface area contributed by atoms with Crippen LogP contribution >= 0.6 is 0 Å². The molecular formula is C18H25N3O6S. The van der Waals surface area contributed by atoms with Gasteiger partial charge in [-0.3, -0.25) is 19.3 Å². The number of carbonyl (C=O) groups is 4. The van der Waals surface area contributed by atoms with Crippen molar-refractivity contribution < 1.29 is 27.6 Å². The van der Waals surface area contributed by atoms with Crippen molar-refractivity contribution in [1.29, 1.82) is 0 Å². The number of amides is 5. The minimum absolute atomic E-state index is 0.0129. The second-order valence-electron chi connectivity index (χ2n) is 7.55. The maximum Gasteiger partial charge on any atom is 0.334 e. The first kappa shape index (κ1) is 20.5. The van der Waals surface area contributed by atoms with Gasteiger partial charge >= 0.3 is 17.8 Å². The van der Waals surface area contributed by atoms with Crippen molar-refractivity contribution in [2.24, 2.45) is 0 Å². The van der Waals surface area contributed by atoms with Gasteiger partial charge in [0.1, 0.15) is 6.54 Å². The summed E-state index contributed by atoms with van der Waals surface area (Å²) >= 11 is 0. The molecule has 3 rings (SSSR count). The summed E-state index contributed by atoms with van der Waals surface area (Å²) in [4.78, 5) is 52.1. The molecule has 5 amide bonds. The summed E-state index contributed by atoms with van der Waals surface area (Å²) in [6.45, 7) is -0.438. The fourth-order valence-electron chi connectivity index (χ4n) is 3.81. The zero-order chi connectivity index (χ0) is 20.5. The highest BCUT2D eigenvalue weighted by Crippen LogP contribution is 2.22. The van der Waals surface area contributed by atoms with Gasteiger partial charge in [-0.05, 0) is 38.5 Å². The summed E-state index contributed by atoms with van der Waals surface area (Å²) in [6, 6.07) is -1.26. The summed E-state index contributed by atoms with van der Waals surface area (Å²) in [5.41, 5.74) is 1.18. The molecule has 2 fully saturated rings. The third kappa shape index (κ3) is 4.26. The molecule has 0 saturated carbocycles. The smallest absolute Gasteiger partial charge is 0.334 e. The molecule has 0 aromatic rings. The van der Waals surface area contributed by atoms with E-state index in [4.69, 9.17) is 0 Å². The molecule has 0 N–H and O–H groups in total. The lowest BCUT2D eigenvalue weighted by Crippen LogP contribution is -2.46. The Hall–Kier alpha value is -2.23. The fourth-order valence-corrected chi connectivity index (χ4v) is 5.58. The molecule has 0 aromatic carbocycles. The zero-order valence-corrected chi connectivity index (χ0v) is 16.7. The van der Waals surface area contributed by atoms with Crippen LogP contribution in [0.25, 0.3) is 0 Å². The molecule has 2 saturated heterocycles. The summed E-state index contributed by atoms with van der Waals surface area (Å²) in [6.07, 6.45) is 7.11. The lowest BCUT2D eigenvalue weighted by Gasteiger charge is -2.25. The highest BCUT2D eigenvalue weighted by atomic mass is 32.2. The summed E-state index contributed by atoms with van der Waals surface area (Å²) in [5.74, 6) is -2.60. The number of carbonyl (C=O) groups excluding carboxylic acids is 4. The molecular weight excluding hydrogens is 386 g/mol. The van der Waals surface area contributed by atoms with Crippen LogP contribution in [0.3, 0.4) is 0 Å². The lowest BCUT2D eigenvalue weighted by atomic mass is 9.97. The van der Waals surface area contributed by atoms with E-state index in [1.54, 1.807) is 0 Å². The number of allylic oxidation sites excluding steroid dienone is 1. The molecule has 0 bridgehead atoms. The van der Waals surface area contributed by atoms with E-state index >= 15 is 0 Å². The van der Waals surface area contributed by atoms with Crippen molar-refractivity contribution in [3.05, 3.63) is 11.6 Å². The van der Waals surface area contributed by atoms with E-state index in [1.807, 2.05) is 0 Å². The zero-order valence-electron chi connectivity index (χ0n) is 15.9. The molecule has 0 unspecified atom stereocenters. The van der Waals surface area contributed by atoms with Gasteiger partial charge in [-0.15, -0.1) is 0 Å². The predicted molar refractivity (Wildman–Crippen MR) is 99.8 cm³/mol. The largest absolute Gasteiger partial charge is 0.340 e. The van der Waals surface area contributed by atoms with Crippen molar-refractivity contribution in [1.82, 2.24) is 14.7 Å². The number of likely N-dealkylation sites (N-methyl/N-ethyl adjacent to an activating group) is 1. The van der Waals surface area contributed by atoms with Crippen molar-refractivity contribution in [3.63, 3.8) is 0 Å². The molecule has 1 aliphatic carbocycles. The van der Waals surface area contributed by atoms with Crippen molar-refractivity contribution >= 4 is 33.6 Å². The average Bonchev–Trinajstić information content (AvgIpc) is 3.13. The van der Waals surface area contributed by atoms with Crippen LogP contribution in [0, 0.1) is 0 Å². The molecule has 28 heavy (non-hydrogen) atoms. The number of rotatable bonds is 6. The molecule has 2 heterocycles. The van der Waals surface area contributed by atoms with Gasteiger partial charge in [0, 0.05) is 19.6 Å². The van der Waals surface area contributed by atoms with Gasteiger partial charge in [-0.1, -0.05) is 11.6 Å². The van der Waals surface area contributed by atoms with Gasteiger partial charge in [-0.2, -0.15) is 0 Å². The first-order valence-electron chi connectivity index (χ1n) is 9.51. The second kappa shape index (κ2) is 8.02. The molecule has 1 atom stereocenters. The lowest BCUT2D eigenvalue weighted by molar-refractivity contribution is -0.145. The molecule has 0 spiro atoms. The van der Waals surface area contributed by atoms with Crippen LogP contribution in [0.5, 0.6) is 0 Å². The molecule has 0 radical (unpaired) electrons. The third-order valence-corrected chi connectivity index (χ3v) is 7.37. The third-order valence-electron chi connectivity index (χ3n) is 5.62. The fraction of sp³-hybridized carbons (Fsp3) is 0.667. The van der Waals surface area contributed by atoms with E-state index in [0.717, 1.165) is 30.6 Å². The van der Waals surface area contributed by atoms with Gasteiger partial charge in [0.05, 0.1) is 11.5 Å². The van der Waals surface area contributed by atoms with Crippen LogP contribution in [0.2, 0.25) is 0 Å². The summed E-state index contributed by atoms with van der Waals surface area (Å²) in [5, 5.41) is 0. The van der Waals surface area contributed by atoms with Crippen LogP contribution in [-0.4, -0.2) is 84.6 Å². The quantitative estimate of drug-likeness (QED) is 0.353. The van der Waals surface area contributed by atoms with E-state index in [9.17, 15) is 27.6 Å². The van der Waals surface area contributed by atoms with Crippen molar-refractivity contribution in [3.8, 4) is 0 Å². The standard InChI is InChI=1S/C18H25N3O6S/c1-19(14-8-10-28(26,27)12-14)15(22)11-21-17(24)16(23)20(18(21)25)9-7-13-5-3-2-4-6-13/h5,14H,2-4,6-12H2,1H3/t14-/m0/s1. The normalized spacial score (nSPS) is 24.7. The van der Waals surface area contributed by atoms with E-state index in [-0.39, 0.29) is 18.1 Å². The van der Waals surface area contributed by atoms with Crippen LogP contribution in [0.4, 0.5) is 4.79 Å². The van der Waals surface area contributed by atoms with Crippen LogP contribution < -0.4 is 0 Å². The van der Waals surface area contributed by atoms with Crippen molar-refractivity contribution in [2.45, 2.75) is 44.6 Å². The maximum absolute atomic E-state index is 12.5. The number of urea groups is 1. The topological polar surface area (TPSA) is 112 Å². The Balaban J connectivity index is 1.60. The van der Waals surface area contributed by atoms with Crippen LogP contribution in [0.1, 0.15) is 38.5 Å². The van der Waals surface area contributed by atoms with E-state index in [2.05, 4.69) is 6.08 Å².